The van der Waals surface area contributed by atoms with Gasteiger partial charge in [0.25, 0.3) is 0 Å². The Balaban J connectivity index is 1.68. The van der Waals surface area contributed by atoms with Crippen LogP contribution in [-0.4, -0.2) is 57.3 Å². The Morgan fingerprint density at radius 3 is 1.13 bits per heavy atom. The molecule has 0 aliphatic heterocycles. The van der Waals surface area contributed by atoms with Gasteiger partial charge in [0.15, 0.2) is 23.0 Å². The van der Waals surface area contributed by atoms with Crippen molar-refractivity contribution < 1.29 is 40.1 Å². The predicted molar refractivity (Wildman–Crippen MR) is 215 cm³/mol. The molecule has 0 spiro atoms. The lowest BCUT2D eigenvalue weighted by atomic mass is 9.83. The number of ether oxygens (including phenoxy) is 2. The van der Waals surface area contributed by atoms with Gasteiger partial charge in [-0.2, -0.15) is 0 Å². The molecule has 10 nitrogen and oxygen atoms in total. The molecule has 10 heteroatoms. The van der Waals surface area contributed by atoms with Crippen molar-refractivity contribution in [2.45, 2.75) is 53.4 Å². The second-order valence-electron chi connectivity index (χ2n) is 14.0. The number of hydrogen-bond acceptors (Lipinski definition) is 10. The Morgan fingerprint density at radius 2 is 0.833 bits per heavy atom. The molecule has 0 fully saturated rings. The molecule has 0 heterocycles. The highest BCUT2D eigenvalue weighted by molar-refractivity contribution is 6.15. The number of phenols is 6. The summed E-state index contributed by atoms with van der Waals surface area (Å²) in [4.78, 5) is 9.09. The Bertz CT molecular complexity index is 2310. The van der Waals surface area contributed by atoms with E-state index >= 15 is 0 Å². The SMILES string of the molecule is COc1ccc(N=Cc2c(O)c(O)c(C(C)C)c3cc(C)c(-c4c(C)cc5c(C(C)C)c(O)c(O)c(C=Nc6ccc(OC)cc6)c5c4O)c(O)c23)cc1. The van der Waals surface area contributed by atoms with Crippen molar-refractivity contribution >= 4 is 45.3 Å². The fourth-order valence-corrected chi connectivity index (χ4v) is 7.24. The van der Waals surface area contributed by atoms with E-state index in [0.717, 1.165) is 0 Å². The Labute approximate surface area is 313 Å². The molecule has 0 saturated carbocycles. The largest absolute Gasteiger partial charge is 0.507 e. The van der Waals surface area contributed by atoms with Gasteiger partial charge in [0, 0.05) is 45.5 Å². The van der Waals surface area contributed by atoms with Crippen LogP contribution in [0.5, 0.6) is 46.0 Å². The maximum absolute atomic E-state index is 12.4. The lowest BCUT2D eigenvalue weighted by Gasteiger charge is -2.23. The van der Waals surface area contributed by atoms with E-state index in [4.69, 9.17) is 9.47 Å². The van der Waals surface area contributed by atoms with Crippen LogP contribution >= 0.6 is 0 Å². The van der Waals surface area contributed by atoms with E-state index in [9.17, 15) is 30.6 Å². The fraction of sp³-hybridized carbons (Fsp3) is 0.227. The van der Waals surface area contributed by atoms with Crippen LogP contribution in [0.3, 0.4) is 0 Å². The number of benzene rings is 6. The first-order chi connectivity index (χ1) is 25.7. The molecule has 54 heavy (non-hydrogen) atoms. The second kappa shape index (κ2) is 14.5. The maximum atomic E-state index is 12.4. The third-order valence-corrected chi connectivity index (χ3v) is 9.82. The van der Waals surface area contributed by atoms with Crippen molar-refractivity contribution in [1.82, 2.24) is 0 Å². The molecule has 0 aliphatic carbocycles. The summed E-state index contributed by atoms with van der Waals surface area (Å²) in [6.45, 7) is 11.1. The highest BCUT2D eigenvalue weighted by Gasteiger charge is 2.29. The average Bonchev–Trinajstić information content (AvgIpc) is 3.13. The van der Waals surface area contributed by atoms with Crippen molar-refractivity contribution in [3.8, 4) is 57.1 Å². The van der Waals surface area contributed by atoms with E-state index in [2.05, 4.69) is 9.98 Å². The van der Waals surface area contributed by atoms with Crippen LogP contribution in [0, 0.1) is 13.8 Å². The maximum Gasteiger partial charge on any atom is 0.167 e. The summed E-state index contributed by atoms with van der Waals surface area (Å²) >= 11 is 0. The Kier molecular flexibility index (Phi) is 10.1. The minimum atomic E-state index is -0.452. The van der Waals surface area contributed by atoms with Crippen LogP contribution in [0.1, 0.15) is 72.9 Å². The van der Waals surface area contributed by atoms with Gasteiger partial charge in [-0.3, -0.25) is 9.98 Å². The normalized spacial score (nSPS) is 12.0. The summed E-state index contributed by atoms with van der Waals surface area (Å²) in [5.74, 6) is -1.25. The van der Waals surface area contributed by atoms with E-state index in [1.807, 2.05) is 39.8 Å². The third kappa shape index (κ3) is 6.33. The summed E-state index contributed by atoms with van der Waals surface area (Å²) in [6.07, 6.45) is 2.78. The summed E-state index contributed by atoms with van der Waals surface area (Å²) in [6, 6.07) is 17.5. The highest BCUT2D eigenvalue weighted by Crippen LogP contribution is 2.54. The Hall–Kier alpha value is -6.42. The first-order valence-corrected chi connectivity index (χ1v) is 17.5. The van der Waals surface area contributed by atoms with Crippen molar-refractivity contribution in [3.05, 3.63) is 94.0 Å². The molecule has 6 rings (SSSR count). The molecule has 0 bridgehead atoms. The number of nitrogens with zero attached hydrogens (tertiary/aromatic N) is 2. The van der Waals surface area contributed by atoms with Crippen LogP contribution < -0.4 is 9.47 Å². The smallest absolute Gasteiger partial charge is 0.167 e. The van der Waals surface area contributed by atoms with Crippen LogP contribution in [0.15, 0.2) is 70.6 Å². The molecule has 0 atom stereocenters. The van der Waals surface area contributed by atoms with Crippen LogP contribution in [-0.2, 0) is 0 Å². The van der Waals surface area contributed by atoms with E-state index in [0.29, 0.717) is 55.9 Å². The molecule has 0 amide bonds. The summed E-state index contributed by atoms with van der Waals surface area (Å²) < 4.78 is 10.5. The van der Waals surface area contributed by atoms with Crippen molar-refractivity contribution in [3.63, 3.8) is 0 Å². The molecule has 6 aromatic carbocycles. The van der Waals surface area contributed by atoms with E-state index in [1.165, 1.54) is 12.4 Å². The van der Waals surface area contributed by atoms with Crippen molar-refractivity contribution in [2.24, 2.45) is 9.98 Å². The molecule has 0 aromatic heterocycles. The summed E-state index contributed by atoms with van der Waals surface area (Å²) in [5, 5.41) is 71.7. The van der Waals surface area contributed by atoms with E-state index in [1.54, 1.807) is 76.6 Å². The monoisotopic (exact) mass is 728 g/mol. The number of aryl methyl sites for hydroxylation is 2. The number of phenolic OH excluding ortho intramolecular Hbond substituents is 6. The third-order valence-electron chi connectivity index (χ3n) is 9.82. The lowest BCUT2D eigenvalue weighted by molar-refractivity contribution is 0.398. The lowest BCUT2D eigenvalue weighted by Crippen LogP contribution is -2.01. The quantitative estimate of drug-likeness (QED) is 0.0632. The average molecular weight is 729 g/mol. The van der Waals surface area contributed by atoms with Gasteiger partial charge in [0.1, 0.15) is 23.0 Å². The number of hydrogen-bond donors (Lipinski definition) is 6. The minimum absolute atomic E-state index is 0.0800. The molecule has 0 unspecified atom stereocenters. The van der Waals surface area contributed by atoms with Crippen molar-refractivity contribution in [1.29, 1.82) is 0 Å². The topological polar surface area (TPSA) is 165 Å². The van der Waals surface area contributed by atoms with Gasteiger partial charge in [-0.05, 0) is 96.1 Å². The van der Waals surface area contributed by atoms with Gasteiger partial charge in [-0.1, -0.05) is 39.8 Å². The van der Waals surface area contributed by atoms with Crippen LogP contribution in [0.25, 0.3) is 32.7 Å². The zero-order chi connectivity index (χ0) is 39.2. The highest BCUT2D eigenvalue weighted by atomic mass is 16.5. The second-order valence-corrected chi connectivity index (χ2v) is 14.0. The number of rotatable bonds is 9. The molecule has 0 aliphatic rings. The minimum Gasteiger partial charge on any atom is -0.507 e. The molecular formula is C44H44N2O8. The van der Waals surface area contributed by atoms with Gasteiger partial charge in [0.2, 0.25) is 0 Å². The van der Waals surface area contributed by atoms with Gasteiger partial charge >= 0.3 is 0 Å². The zero-order valence-electron chi connectivity index (χ0n) is 31.5. The molecule has 278 valence electrons. The van der Waals surface area contributed by atoms with E-state index in [-0.39, 0.29) is 67.9 Å². The molecule has 0 radical (unpaired) electrons. The predicted octanol–water partition coefficient (Wildman–Crippen LogP) is 10.3. The first kappa shape index (κ1) is 37.3. The first-order valence-electron chi connectivity index (χ1n) is 17.5. The Morgan fingerprint density at radius 1 is 0.500 bits per heavy atom. The summed E-state index contributed by atoms with van der Waals surface area (Å²) in [7, 11) is 3.12. The van der Waals surface area contributed by atoms with Gasteiger partial charge in [-0.15, -0.1) is 0 Å². The summed E-state index contributed by atoms with van der Waals surface area (Å²) in [5.41, 5.74) is 3.81. The van der Waals surface area contributed by atoms with Gasteiger partial charge in [-0.25, -0.2) is 0 Å². The number of fused-ring (bicyclic) bond motifs is 2. The van der Waals surface area contributed by atoms with Crippen LogP contribution in [0.4, 0.5) is 11.4 Å². The standard InChI is InChI=1S/C44H44N2O8/c1-21(2)33-29-17-23(5)35(41(49)37(29)31(39(47)43(33)51)19-45-25-9-13-27(53-7)14-10-25)36-24(6)18-30-34(22(3)4)44(52)40(48)32(38(30)42(36)50)20-46-26-11-15-28(54-8)16-12-26/h9-22,47-52H,1-8H3. The van der Waals surface area contributed by atoms with Crippen LogP contribution in [0.2, 0.25) is 0 Å². The number of methoxy groups -OCH3 is 2. The molecule has 6 aromatic rings. The van der Waals surface area contributed by atoms with Gasteiger partial charge < -0.3 is 40.1 Å². The zero-order valence-corrected chi connectivity index (χ0v) is 31.5. The van der Waals surface area contributed by atoms with Gasteiger partial charge in [0.05, 0.1) is 36.7 Å². The number of aliphatic imine (C=N–C) groups is 2. The molecule has 0 saturated heterocycles. The number of aromatic hydroxyl groups is 6. The molecule has 6 N–H and O–H groups in total. The molecular weight excluding hydrogens is 684 g/mol. The van der Waals surface area contributed by atoms with Crippen molar-refractivity contribution in [2.75, 3.05) is 14.2 Å². The van der Waals surface area contributed by atoms with E-state index < -0.39 is 11.5 Å². The fourth-order valence-electron chi connectivity index (χ4n) is 7.24.